The average Bonchev–Trinajstić information content (AvgIpc) is 3.13. The van der Waals surface area contributed by atoms with Crippen LogP contribution in [0.15, 0.2) is 18.5 Å². The van der Waals surface area contributed by atoms with Gasteiger partial charge in [0.2, 0.25) is 5.95 Å². The van der Waals surface area contributed by atoms with Crippen molar-refractivity contribution in [3.05, 3.63) is 18.5 Å². The van der Waals surface area contributed by atoms with Gasteiger partial charge in [0.15, 0.2) is 0 Å². The fraction of sp³-hybridized carbons (Fsp3) is 0.688. The van der Waals surface area contributed by atoms with Gasteiger partial charge in [0.1, 0.15) is 0 Å². The van der Waals surface area contributed by atoms with Crippen molar-refractivity contribution < 1.29 is 9.53 Å². The van der Waals surface area contributed by atoms with E-state index in [0.29, 0.717) is 12.5 Å². The Bertz CT molecular complexity index is 485. The van der Waals surface area contributed by atoms with Crippen LogP contribution in [0.4, 0.5) is 10.7 Å². The highest BCUT2D eigenvalue weighted by Gasteiger charge is 2.21. The Hall–Kier alpha value is -1.89. The molecule has 3 rings (SSSR count). The van der Waals surface area contributed by atoms with E-state index in [1.54, 1.807) is 12.4 Å². The summed E-state index contributed by atoms with van der Waals surface area (Å²) in [6.45, 7) is 4.02. The van der Waals surface area contributed by atoms with E-state index >= 15 is 0 Å². The lowest BCUT2D eigenvalue weighted by Gasteiger charge is -2.31. The molecule has 1 atom stereocenters. The van der Waals surface area contributed by atoms with Crippen LogP contribution in [0.5, 0.6) is 0 Å². The van der Waals surface area contributed by atoms with Gasteiger partial charge in [-0.2, -0.15) is 0 Å². The number of aromatic nitrogens is 2. The minimum Gasteiger partial charge on any atom is -0.376 e. The van der Waals surface area contributed by atoms with Crippen LogP contribution in [-0.2, 0) is 4.74 Å². The van der Waals surface area contributed by atoms with Crippen molar-refractivity contribution >= 4 is 12.0 Å². The van der Waals surface area contributed by atoms with Gasteiger partial charge in [-0.1, -0.05) is 0 Å². The maximum Gasteiger partial charge on any atom is 0.314 e. The molecule has 2 fully saturated rings. The summed E-state index contributed by atoms with van der Waals surface area (Å²) in [5, 5.41) is 5.87. The Kier molecular flexibility index (Phi) is 5.63. The second-order valence-electron chi connectivity index (χ2n) is 6.21. The molecule has 0 unspecified atom stereocenters. The number of amides is 2. The summed E-state index contributed by atoms with van der Waals surface area (Å²) in [5.41, 5.74) is 0. The van der Waals surface area contributed by atoms with E-state index < -0.39 is 0 Å². The van der Waals surface area contributed by atoms with E-state index in [9.17, 15) is 4.79 Å². The normalized spacial score (nSPS) is 22.1. The molecule has 2 N–H and O–H groups in total. The molecule has 0 saturated carbocycles. The molecule has 0 aliphatic carbocycles. The van der Waals surface area contributed by atoms with Crippen LogP contribution in [0.25, 0.3) is 0 Å². The van der Waals surface area contributed by atoms with Crippen molar-refractivity contribution in [3.8, 4) is 0 Å². The van der Waals surface area contributed by atoms with E-state index in [1.165, 1.54) is 0 Å². The summed E-state index contributed by atoms with van der Waals surface area (Å²) in [5.74, 6) is 1.32. The molecule has 7 heteroatoms. The van der Waals surface area contributed by atoms with Gasteiger partial charge in [-0.3, -0.25) is 0 Å². The van der Waals surface area contributed by atoms with E-state index in [-0.39, 0.29) is 12.1 Å². The van der Waals surface area contributed by atoms with Crippen LogP contribution in [0.1, 0.15) is 25.7 Å². The molecule has 0 bridgehead atoms. The highest BCUT2D eigenvalue weighted by Crippen LogP contribution is 2.19. The van der Waals surface area contributed by atoms with Crippen LogP contribution in [0.3, 0.4) is 0 Å². The number of piperidine rings is 1. The second kappa shape index (κ2) is 8.10. The molecular formula is C16H25N5O2. The van der Waals surface area contributed by atoms with E-state index in [0.717, 1.165) is 57.9 Å². The number of rotatable bonds is 5. The van der Waals surface area contributed by atoms with E-state index in [1.807, 2.05) is 6.07 Å². The summed E-state index contributed by atoms with van der Waals surface area (Å²) in [6, 6.07) is 1.74. The van der Waals surface area contributed by atoms with Gasteiger partial charge >= 0.3 is 6.03 Å². The molecule has 0 spiro atoms. The highest BCUT2D eigenvalue weighted by molar-refractivity contribution is 5.73. The number of anilines is 1. The largest absolute Gasteiger partial charge is 0.376 e. The van der Waals surface area contributed by atoms with Crippen molar-refractivity contribution in [2.45, 2.75) is 31.8 Å². The smallest absolute Gasteiger partial charge is 0.314 e. The number of nitrogens with one attached hydrogen (secondary N) is 2. The lowest BCUT2D eigenvalue weighted by molar-refractivity contribution is 0.111. The molecule has 1 aromatic heterocycles. The van der Waals surface area contributed by atoms with Crippen molar-refractivity contribution in [2.24, 2.45) is 5.92 Å². The third-order valence-electron chi connectivity index (χ3n) is 4.52. The monoisotopic (exact) mass is 319 g/mol. The lowest BCUT2D eigenvalue weighted by Crippen LogP contribution is -2.44. The fourth-order valence-corrected chi connectivity index (χ4v) is 3.10. The first-order valence-corrected chi connectivity index (χ1v) is 8.46. The molecule has 3 heterocycles. The summed E-state index contributed by atoms with van der Waals surface area (Å²) in [6.07, 6.45) is 7.96. The Labute approximate surface area is 136 Å². The van der Waals surface area contributed by atoms with E-state index in [4.69, 9.17) is 4.74 Å². The molecule has 2 saturated heterocycles. The van der Waals surface area contributed by atoms with Crippen LogP contribution in [0.2, 0.25) is 0 Å². The van der Waals surface area contributed by atoms with Crippen LogP contribution in [-0.4, -0.2) is 54.9 Å². The maximum atomic E-state index is 11.8. The quantitative estimate of drug-likeness (QED) is 0.852. The minimum atomic E-state index is -0.0886. The van der Waals surface area contributed by atoms with Crippen molar-refractivity contribution in [1.82, 2.24) is 20.6 Å². The van der Waals surface area contributed by atoms with Gasteiger partial charge in [-0.15, -0.1) is 0 Å². The number of nitrogens with zero attached hydrogens (tertiary/aromatic N) is 3. The van der Waals surface area contributed by atoms with Gasteiger partial charge in [0.25, 0.3) is 0 Å². The first-order valence-electron chi connectivity index (χ1n) is 8.46. The lowest BCUT2D eigenvalue weighted by atomic mass is 9.97. The van der Waals surface area contributed by atoms with Crippen LogP contribution in [0, 0.1) is 5.92 Å². The summed E-state index contributed by atoms with van der Waals surface area (Å²) in [4.78, 5) is 22.6. The zero-order valence-corrected chi connectivity index (χ0v) is 13.4. The molecule has 0 radical (unpaired) electrons. The third kappa shape index (κ3) is 4.79. The van der Waals surface area contributed by atoms with Crippen molar-refractivity contribution in [3.63, 3.8) is 0 Å². The standard InChI is InChI=1S/C16H25N5O2/c22-16(20-12-14-3-1-10-23-14)19-11-13-4-8-21(9-5-13)15-17-6-2-7-18-15/h2,6-7,13-14H,1,3-5,8-12H2,(H2,19,20,22)/t14-/m0/s1. The predicted octanol–water partition coefficient (Wildman–Crippen LogP) is 1.17. The van der Waals surface area contributed by atoms with Crippen LogP contribution >= 0.6 is 0 Å². The Morgan fingerprint density at radius 2 is 1.91 bits per heavy atom. The number of hydrogen-bond acceptors (Lipinski definition) is 5. The summed E-state index contributed by atoms with van der Waals surface area (Å²) in [7, 11) is 0. The third-order valence-corrected chi connectivity index (χ3v) is 4.52. The molecule has 1 aromatic rings. The Morgan fingerprint density at radius 1 is 1.17 bits per heavy atom. The van der Waals surface area contributed by atoms with E-state index in [2.05, 4.69) is 25.5 Å². The molecule has 23 heavy (non-hydrogen) atoms. The van der Waals surface area contributed by atoms with Crippen molar-refractivity contribution in [2.75, 3.05) is 37.7 Å². The summed E-state index contributed by atoms with van der Waals surface area (Å²) < 4.78 is 5.49. The number of ether oxygens (including phenoxy) is 1. The topological polar surface area (TPSA) is 79.4 Å². The number of carbonyl (C=O) groups is 1. The van der Waals surface area contributed by atoms with Gasteiger partial charge < -0.3 is 20.3 Å². The van der Waals surface area contributed by atoms with Gasteiger partial charge in [0.05, 0.1) is 6.10 Å². The first-order chi connectivity index (χ1) is 11.3. The molecule has 2 aliphatic heterocycles. The summed E-state index contributed by atoms with van der Waals surface area (Å²) >= 11 is 0. The number of hydrogen-bond donors (Lipinski definition) is 2. The Balaban J connectivity index is 1.32. The fourth-order valence-electron chi connectivity index (χ4n) is 3.10. The Morgan fingerprint density at radius 3 is 2.61 bits per heavy atom. The van der Waals surface area contributed by atoms with Gasteiger partial charge in [-0.25, -0.2) is 14.8 Å². The first kappa shape index (κ1) is 16.0. The molecule has 0 aromatic carbocycles. The minimum absolute atomic E-state index is 0.0886. The SMILES string of the molecule is O=C(NCC1CCN(c2ncccn2)CC1)NC[C@@H]1CCCO1. The zero-order chi connectivity index (χ0) is 15.9. The molecule has 2 amide bonds. The zero-order valence-electron chi connectivity index (χ0n) is 13.4. The molecule has 2 aliphatic rings. The average molecular weight is 319 g/mol. The highest BCUT2D eigenvalue weighted by atomic mass is 16.5. The van der Waals surface area contributed by atoms with Gasteiger partial charge in [-0.05, 0) is 37.7 Å². The maximum absolute atomic E-state index is 11.8. The number of urea groups is 1. The van der Waals surface area contributed by atoms with Crippen molar-refractivity contribution in [1.29, 1.82) is 0 Å². The molecular weight excluding hydrogens is 294 g/mol. The molecule has 126 valence electrons. The second-order valence-corrected chi connectivity index (χ2v) is 6.21. The molecule has 7 nitrogen and oxygen atoms in total. The van der Waals surface area contributed by atoms with Gasteiger partial charge in [0, 0.05) is 45.2 Å². The number of carbonyl (C=O) groups excluding carboxylic acids is 1. The van der Waals surface area contributed by atoms with Crippen LogP contribution < -0.4 is 15.5 Å². The predicted molar refractivity (Wildman–Crippen MR) is 87.3 cm³/mol.